The van der Waals surface area contributed by atoms with Crippen LogP contribution >= 0.6 is 0 Å². The molecule has 3 rings (SSSR count). The lowest BCUT2D eigenvalue weighted by molar-refractivity contribution is 0.790. The molecule has 0 radical (unpaired) electrons. The van der Waals surface area contributed by atoms with Gasteiger partial charge in [-0.05, 0) is 12.1 Å². The smallest absolute Gasteiger partial charge is 0.200 e. The van der Waals surface area contributed by atoms with Crippen molar-refractivity contribution >= 4 is 5.95 Å². The molecule has 0 saturated heterocycles. The summed E-state index contributed by atoms with van der Waals surface area (Å²) in [7, 11) is 0. The number of nitrogen functional groups attached to an aromatic ring is 1. The van der Waals surface area contributed by atoms with Gasteiger partial charge in [-0.15, -0.1) is 0 Å². The van der Waals surface area contributed by atoms with Crippen molar-refractivity contribution in [3.05, 3.63) is 60.9 Å². The van der Waals surface area contributed by atoms with Crippen molar-refractivity contribution in [1.82, 2.24) is 19.1 Å². The Morgan fingerprint density at radius 3 is 2.67 bits per heavy atom. The van der Waals surface area contributed by atoms with Gasteiger partial charge in [-0.2, -0.15) is 0 Å². The van der Waals surface area contributed by atoms with E-state index in [2.05, 4.69) is 9.97 Å². The number of nitrogens with two attached hydrogens (primary N) is 1. The minimum Gasteiger partial charge on any atom is -0.369 e. The predicted octanol–water partition coefficient (Wildman–Crippen LogP) is 1.70. The molecule has 0 aliphatic heterocycles. The molecule has 0 fully saturated rings. The van der Waals surface area contributed by atoms with Gasteiger partial charge in [-0.25, -0.2) is 9.97 Å². The summed E-state index contributed by atoms with van der Waals surface area (Å²) < 4.78 is 3.85. The average molecular weight is 239 g/mol. The molecule has 0 spiro atoms. The van der Waals surface area contributed by atoms with Crippen LogP contribution in [0.15, 0.2) is 55.2 Å². The molecule has 0 unspecified atom stereocenters. The van der Waals surface area contributed by atoms with E-state index in [0.29, 0.717) is 12.5 Å². The van der Waals surface area contributed by atoms with Crippen LogP contribution < -0.4 is 5.73 Å². The van der Waals surface area contributed by atoms with Crippen LogP contribution in [0.25, 0.3) is 5.69 Å². The van der Waals surface area contributed by atoms with Gasteiger partial charge in [0.05, 0.1) is 18.6 Å². The van der Waals surface area contributed by atoms with Gasteiger partial charge >= 0.3 is 0 Å². The summed E-state index contributed by atoms with van der Waals surface area (Å²) in [6.07, 6.45) is 7.33. The minimum atomic E-state index is 0.504. The van der Waals surface area contributed by atoms with Crippen LogP contribution in [0.1, 0.15) is 5.69 Å². The summed E-state index contributed by atoms with van der Waals surface area (Å²) >= 11 is 0. The molecule has 18 heavy (non-hydrogen) atoms. The van der Waals surface area contributed by atoms with E-state index in [4.69, 9.17) is 5.73 Å². The molecule has 5 heteroatoms. The molecule has 3 aromatic rings. The van der Waals surface area contributed by atoms with Crippen molar-refractivity contribution in [2.45, 2.75) is 6.54 Å². The SMILES string of the molecule is Nc1nccn1Cc1cn(-c2ccccc2)cn1. The molecular weight excluding hydrogens is 226 g/mol. The van der Waals surface area contributed by atoms with E-state index in [1.165, 1.54) is 0 Å². The Hall–Kier alpha value is -2.56. The second-order valence-corrected chi connectivity index (χ2v) is 4.02. The summed E-state index contributed by atoms with van der Waals surface area (Å²) in [6, 6.07) is 10.1. The third kappa shape index (κ3) is 1.98. The fourth-order valence-electron chi connectivity index (χ4n) is 1.84. The van der Waals surface area contributed by atoms with Crippen molar-refractivity contribution in [2.24, 2.45) is 0 Å². The lowest BCUT2D eigenvalue weighted by Gasteiger charge is -2.01. The Morgan fingerprint density at radius 2 is 1.94 bits per heavy atom. The third-order valence-electron chi connectivity index (χ3n) is 2.77. The summed E-state index contributed by atoms with van der Waals surface area (Å²) in [5, 5.41) is 0. The highest BCUT2D eigenvalue weighted by molar-refractivity contribution is 5.31. The molecule has 0 aliphatic rings. The second-order valence-electron chi connectivity index (χ2n) is 4.02. The second kappa shape index (κ2) is 4.37. The first-order valence-electron chi connectivity index (χ1n) is 5.68. The predicted molar refractivity (Wildman–Crippen MR) is 69.3 cm³/mol. The number of rotatable bonds is 3. The normalized spacial score (nSPS) is 10.7. The van der Waals surface area contributed by atoms with E-state index in [1.54, 1.807) is 12.5 Å². The largest absolute Gasteiger partial charge is 0.369 e. The van der Waals surface area contributed by atoms with Crippen LogP contribution in [0.3, 0.4) is 0 Å². The number of nitrogens with zero attached hydrogens (tertiary/aromatic N) is 4. The van der Waals surface area contributed by atoms with Gasteiger partial charge in [0.2, 0.25) is 0 Å². The highest BCUT2D eigenvalue weighted by Crippen LogP contribution is 2.10. The fraction of sp³-hybridized carbons (Fsp3) is 0.0769. The van der Waals surface area contributed by atoms with Gasteiger partial charge in [-0.1, -0.05) is 18.2 Å². The van der Waals surface area contributed by atoms with Crippen molar-refractivity contribution in [2.75, 3.05) is 5.73 Å². The topological polar surface area (TPSA) is 61.7 Å². The molecule has 2 heterocycles. The Kier molecular flexibility index (Phi) is 2.57. The molecule has 5 nitrogen and oxygen atoms in total. The van der Waals surface area contributed by atoms with E-state index in [-0.39, 0.29) is 0 Å². The number of benzene rings is 1. The van der Waals surface area contributed by atoms with Crippen molar-refractivity contribution in [3.8, 4) is 5.69 Å². The van der Waals surface area contributed by atoms with Gasteiger partial charge in [0.1, 0.15) is 0 Å². The quantitative estimate of drug-likeness (QED) is 0.756. The molecule has 0 bridgehead atoms. The van der Waals surface area contributed by atoms with Gasteiger partial charge in [0, 0.05) is 24.3 Å². The first-order valence-corrected chi connectivity index (χ1v) is 5.68. The number of hydrogen-bond donors (Lipinski definition) is 1. The lowest BCUT2D eigenvalue weighted by Crippen LogP contribution is -2.03. The van der Waals surface area contributed by atoms with Gasteiger partial charge in [0.15, 0.2) is 5.95 Å². The van der Waals surface area contributed by atoms with Gasteiger partial charge in [-0.3, -0.25) is 0 Å². The van der Waals surface area contributed by atoms with Crippen molar-refractivity contribution < 1.29 is 0 Å². The van der Waals surface area contributed by atoms with Crippen LogP contribution in [0.2, 0.25) is 0 Å². The maximum absolute atomic E-state index is 5.72. The van der Waals surface area contributed by atoms with Crippen LogP contribution in [-0.4, -0.2) is 19.1 Å². The Morgan fingerprint density at radius 1 is 1.11 bits per heavy atom. The molecule has 2 aromatic heterocycles. The number of imidazole rings is 2. The maximum Gasteiger partial charge on any atom is 0.200 e. The monoisotopic (exact) mass is 239 g/mol. The first kappa shape index (κ1) is 10.6. The third-order valence-corrected chi connectivity index (χ3v) is 2.77. The Labute approximate surface area is 105 Å². The standard InChI is InChI=1S/C13H13N5/c14-13-15-6-7-17(13)8-11-9-18(10-16-11)12-4-2-1-3-5-12/h1-7,9-10H,8H2,(H2,14,15). The summed E-state index contributed by atoms with van der Waals surface area (Å²) in [6.45, 7) is 0.631. The molecule has 0 saturated carbocycles. The Balaban J connectivity index is 1.84. The molecule has 0 amide bonds. The lowest BCUT2D eigenvalue weighted by atomic mass is 10.3. The number of hydrogen-bond acceptors (Lipinski definition) is 3. The zero-order valence-corrected chi connectivity index (χ0v) is 9.77. The van der Waals surface area contributed by atoms with Crippen molar-refractivity contribution in [1.29, 1.82) is 0 Å². The highest BCUT2D eigenvalue weighted by atomic mass is 15.1. The van der Waals surface area contributed by atoms with E-state index in [1.807, 2.05) is 51.9 Å². The highest BCUT2D eigenvalue weighted by Gasteiger charge is 2.03. The number of anilines is 1. The summed E-state index contributed by atoms with van der Waals surface area (Å²) in [5.41, 5.74) is 7.76. The Bertz CT molecular complexity index is 638. The molecule has 0 atom stereocenters. The van der Waals surface area contributed by atoms with Crippen LogP contribution in [0, 0.1) is 0 Å². The molecule has 90 valence electrons. The van der Waals surface area contributed by atoms with E-state index in [9.17, 15) is 0 Å². The average Bonchev–Trinajstić information content (AvgIpc) is 3.02. The zero-order valence-electron chi connectivity index (χ0n) is 9.77. The van der Waals surface area contributed by atoms with E-state index >= 15 is 0 Å². The zero-order chi connectivity index (χ0) is 12.4. The first-order chi connectivity index (χ1) is 8.83. The molecular formula is C13H13N5. The summed E-state index contributed by atoms with van der Waals surface area (Å²) in [5.74, 6) is 0.504. The number of para-hydroxylation sites is 1. The van der Waals surface area contributed by atoms with Crippen LogP contribution in [0.5, 0.6) is 0 Å². The number of aromatic nitrogens is 4. The van der Waals surface area contributed by atoms with Gasteiger partial charge in [0.25, 0.3) is 0 Å². The molecule has 2 N–H and O–H groups in total. The van der Waals surface area contributed by atoms with Crippen LogP contribution in [0.4, 0.5) is 5.95 Å². The molecule has 0 aliphatic carbocycles. The van der Waals surface area contributed by atoms with Crippen LogP contribution in [-0.2, 0) is 6.54 Å². The van der Waals surface area contributed by atoms with Gasteiger partial charge < -0.3 is 14.9 Å². The fourth-order valence-corrected chi connectivity index (χ4v) is 1.84. The molecule has 1 aromatic carbocycles. The van der Waals surface area contributed by atoms with E-state index in [0.717, 1.165) is 11.4 Å². The maximum atomic E-state index is 5.72. The summed E-state index contributed by atoms with van der Waals surface area (Å²) in [4.78, 5) is 8.35. The van der Waals surface area contributed by atoms with Crippen molar-refractivity contribution in [3.63, 3.8) is 0 Å². The minimum absolute atomic E-state index is 0.504. The van der Waals surface area contributed by atoms with E-state index < -0.39 is 0 Å².